The number of hydroxylamine groups is 1. The van der Waals surface area contributed by atoms with E-state index >= 15 is 0 Å². The van der Waals surface area contributed by atoms with E-state index in [1.54, 1.807) is 12.3 Å². The smallest absolute Gasteiger partial charge is 0.361 e. The number of carbonyl (C=O) groups is 4. The standard InChI is InChI=1S/C27H25F3N6O5/c1-15(37)16-4-7-19(8-5-16)36(41-25(39)27(28,29)30)26(40)34-18-6-9-23-21(12-18)17(14-33-23)11-22(32)24(38)35-10-2-3-20(35)13-31/h4-9,12,14,20,22,33H,2-3,10-11,32H2,1H3,(H,34,40). The van der Waals surface area contributed by atoms with E-state index in [1.807, 2.05) is 0 Å². The lowest BCUT2D eigenvalue weighted by molar-refractivity contribution is -0.199. The molecule has 41 heavy (non-hydrogen) atoms. The number of aromatic amines is 1. The van der Waals surface area contributed by atoms with Crippen LogP contribution in [0.2, 0.25) is 0 Å². The molecule has 1 aliphatic heterocycles. The number of H-pyrrole nitrogens is 1. The summed E-state index contributed by atoms with van der Waals surface area (Å²) >= 11 is 0. The lowest BCUT2D eigenvalue weighted by Crippen LogP contribution is -2.46. The van der Waals surface area contributed by atoms with Gasteiger partial charge in [0, 0.05) is 34.9 Å². The van der Waals surface area contributed by atoms with Gasteiger partial charge in [-0.3, -0.25) is 9.59 Å². The summed E-state index contributed by atoms with van der Waals surface area (Å²) in [5.41, 5.74) is 7.57. The summed E-state index contributed by atoms with van der Waals surface area (Å²) < 4.78 is 38.8. The first-order valence-electron chi connectivity index (χ1n) is 12.5. The van der Waals surface area contributed by atoms with Gasteiger partial charge in [-0.05, 0) is 74.2 Å². The van der Waals surface area contributed by atoms with Crippen molar-refractivity contribution >= 4 is 46.0 Å². The van der Waals surface area contributed by atoms with Crippen molar-refractivity contribution in [2.45, 2.75) is 44.4 Å². The molecule has 2 aromatic carbocycles. The summed E-state index contributed by atoms with van der Waals surface area (Å²) in [5, 5.41) is 12.4. The van der Waals surface area contributed by atoms with Gasteiger partial charge in [-0.2, -0.15) is 18.4 Å². The zero-order valence-electron chi connectivity index (χ0n) is 21.7. The Morgan fingerprint density at radius 1 is 1.22 bits per heavy atom. The maximum atomic E-state index is 13.0. The number of aromatic nitrogens is 1. The van der Waals surface area contributed by atoms with Crippen LogP contribution in [0.5, 0.6) is 0 Å². The molecule has 2 atom stereocenters. The summed E-state index contributed by atoms with van der Waals surface area (Å²) in [7, 11) is 0. The molecule has 0 spiro atoms. The number of fused-ring (bicyclic) bond motifs is 1. The van der Waals surface area contributed by atoms with Crippen LogP contribution in [-0.2, 0) is 20.8 Å². The van der Waals surface area contributed by atoms with Gasteiger partial charge in [0.25, 0.3) is 0 Å². The second-order valence-corrected chi connectivity index (χ2v) is 9.41. The quantitative estimate of drug-likeness (QED) is 0.300. The third-order valence-electron chi connectivity index (χ3n) is 6.56. The maximum Gasteiger partial charge on any atom is 0.493 e. The molecule has 3 amide bonds. The first kappa shape index (κ1) is 29.1. The number of hydrogen-bond donors (Lipinski definition) is 3. The molecule has 2 heterocycles. The zero-order valence-corrected chi connectivity index (χ0v) is 21.7. The number of nitriles is 1. The summed E-state index contributed by atoms with van der Waals surface area (Å²) in [6.07, 6.45) is -2.33. The average molecular weight is 571 g/mol. The Kier molecular flexibility index (Phi) is 8.29. The highest BCUT2D eigenvalue weighted by molar-refractivity contribution is 6.03. The van der Waals surface area contributed by atoms with Crippen LogP contribution < -0.4 is 16.1 Å². The molecule has 1 aromatic heterocycles. The Labute approximate surface area is 231 Å². The number of hydrogen-bond acceptors (Lipinski definition) is 7. The van der Waals surface area contributed by atoms with Crippen molar-refractivity contribution in [1.82, 2.24) is 9.88 Å². The van der Waals surface area contributed by atoms with E-state index in [2.05, 4.69) is 21.2 Å². The number of nitrogens with zero attached hydrogens (tertiary/aromatic N) is 3. The molecule has 2 unspecified atom stereocenters. The number of anilines is 2. The fraction of sp³-hybridized carbons (Fsp3) is 0.296. The molecule has 1 aliphatic rings. The molecule has 0 saturated carbocycles. The minimum Gasteiger partial charge on any atom is -0.361 e. The largest absolute Gasteiger partial charge is 0.493 e. The van der Waals surface area contributed by atoms with Crippen molar-refractivity contribution in [3.05, 3.63) is 59.8 Å². The van der Waals surface area contributed by atoms with E-state index in [1.165, 1.54) is 36.1 Å². The summed E-state index contributed by atoms with van der Waals surface area (Å²) in [6.45, 7) is 1.73. The van der Waals surface area contributed by atoms with Gasteiger partial charge in [0.1, 0.15) is 6.04 Å². The second kappa shape index (κ2) is 11.7. The topological polar surface area (TPSA) is 162 Å². The predicted molar refractivity (Wildman–Crippen MR) is 140 cm³/mol. The molecular weight excluding hydrogens is 545 g/mol. The fourth-order valence-electron chi connectivity index (χ4n) is 4.48. The van der Waals surface area contributed by atoms with Gasteiger partial charge in [-0.25, -0.2) is 9.59 Å². The van der Waals surface area contributed by atoms with Gasteiger partial charge < -0.3 is 25.8 Å². The number of urea groups is 1. The van der Waals surface area contributed by atoms with Crippen LogP contribution in [0.25, 0.3) is 10.9 Å². The minimum absolute atomic E-state index is 0.114. The highest BCUT2D eigenvalue weighted by Crippen LogP contribution is 2.27. The molecule has 11 nitrogen and oxygen atoms in total. The minimum atomic E-state index is -5.38. The zero-order chi connectivity index (χ0) is 29.9. The van der Waals surface area contributed by atoms with Crippen LogP contribution in [0.1, 0.15) is 35.7 Å². The lowest BCUT2D eigenvalue weighted by Gasteiger charge is -2.23. The lowest BCUT2D eigenvalue weighted by atomic mass is 10.0. The van der Waals surface area contributed by atoms with E-state index in [-0.39, 0.29) is 40.1 Å². The molecule has 1 fully saturated rings. The molecule has 0 radical (unpaired) electrons. The van der Waals surface area contributed by atoms with Crippen LogP contribution in [0.15, 0.2) is 48.7 Å². The van der Waals surface area contributed by atoms with Gasteiger partial charge in [0.2, 0.25) is 5.91 Å². The number of nitrogens with two attached hydrogens (primary N) is 1. The number of likely N-dealkylation sites (tertiary alicyclic amines) is 1. The van der Waals surface area contributed by atoms with Gasteiger partial charge in [-0.1, -0.05) is 0 Å². The summed E-state index contributed by atoms with van der Waals surface area (Å²) in [5.74, 6) is -3.30. The molecule has 3 aromatic rings. The van der Waals surface area contributed by atoms with E-state index in [9.17, 15) is 37.6 Å². The Hall–Kier alpha value is -4.90. The number of amides is 3. The fourth-order valence-corrected chi connectivity index (χ4v) is 4.48. The van der Waals surface area contributed by atoms with Crippen molar-refractivity contribution in [3.8, 4) is 6.07 Å². The third-order valence-corrected chi connectivity index (χ3v) is 6.56. The van der Waals surface area contributed by atoms with Crippen molar-refractivity contribution in [3.63, 3.8) is 0 Å². The summed E-state index contributed by atoms with van der Waals surface area (Å²) in [6, 6.07) is 8.86. The predicted octanol–water partition coefficient (Wildman–Crippen LogP) is 3.81. The average Bonchev–Trinajstić information content (AvgIpc) is 3.57. The van der Waals surface area contributed by atoms with Gasteiger partial charge in [0.05, 0.1) is 17.8 Å². The number of ketones is 1. The van der Waals surface area contributed by atoms with Crippen molar-refractivity contribution in [1.29, 1.82) is 5.26 Å². The monoisotopic (exact) mass is 570 g/mol. The molecule has 1 saturated heterocycles. The Balaban J connectivity index is 1.55. The molecule has 4 rings (SSSR count). The highest BCUT2D eigenvalue weighted by atomic mass is 19.4. The SMILES string of the molecule is CC(=O)c1ccc(N(OC(=O)C(F)(F)F)C(=O)Nc2ccc3[nH]cc(CC(N)C(=O)N4CCCC4C#N)c3c2)cc1. The summed E-state index contributed by atoms with van der Waals surface area (Å²) in [4.78, 5) is 57.9. The number of halogens is 3. The van der Waals surface area contributed by atoms with Gasteiger partial charge in [-0.15, -0.1) is 5.06 Å². The van der Waals surface area contributed by atoms with Crippen LogP contribution in [-0.4, -0.2) is 58.4 Å². The van der Waals surface area contributed by atoms with E-state index in [0.29, 0.717) is 35.9 Å². The number of carbonyl (C=O) groups excluding carboxylic acids is 4. The second-order valence-electron chi connectivity index (χ2n) is 9.41. The van der Waals surface area contributed by atoms with Crippen molar-refractivity contribution in [2.24, 2.45) is 5.73 Å². The molecule has 4 N–H and O–H groups in total. The van der Waals surface area contributed by atoms with Crippen LogP contribution in [0.4, 0.5) is 29.3 Å². The highest BCUT2D eigenvalue weighted by Gasteiger charge is 2.44. The number of benzene rings is 2. The van der Waals surface area contributed by atoms with E-state index in [4.69, 9.17) is 5.73 Å². The van der Waals surface area contributed by atoms with E-state index < -0.39 is 30.3 Å². The number of Topliss-reactive ketones (excluding diaryl/α,β-unsaturated/α-hetero) is 1. The Morgan fingerprint density at radius 3 is 2.56 bits per heavy atom. The molecule has 214 valence electrons. The normalized spacial score (nSPS) is 15.7. The molecule has 0 aliphatic carbocycles. The number of rotatable bonds is 6. The van der Waals surface area contributed by atoms with Crippen LogP contribution >= 0.6 is 0 Å². The maximum absolute atomic E-state index is 13.0. The van der Waals surface area contributed by atoms with Gasteiger partial charge in [0.15, 0.2) is 5.78 Å². The number of nitrogens with one attached hydrogen (secondary N) is 2. The Bertz CT molecular complexity index is 1530. The van der Waals surface area contributed by atoms with Crippen LogP contribution in [0.3, 0.4) is 0 Å². The Morgan fingerprint density at radius 2 is 1.93 bits per heavy atom. The van der Waals surface area contributed by atoms with Crippen molar-refractivity contribution in [2.75, 3.05) is 16.9 Å². The molecule has 14 heteroatoms. The van der Waals surface area contributed by atoms with Gasteiger partial charge >= 0.3 is 18.2 Å². The van der Waals surface area contributed by atoms with Crippen LogP contribution in [0, 0.1) is 11.3 Å². The molecular formula is C27H25F3N6O5. The number of alkyl halides is 3. The first-order chi connectivity index (χ1) is 19.4. The van der Waals surface area contributed by atoms with E-state index in [0.717, 1.165) is 12.1 Å². The third kappa shape index (κ3) is 6.47. The first-order valence-corrected chi connectivity index (χ1v) is 12.5. The van der Waals surface area contributed by atoms with Crippen molar-refractivity contribution < 1.29 is 37.2 Å². The molecule has 0 bridgehead atoms.